The third-order valence-corrected chi connectivity index (χ3v) is 5.59. The van der Waals surface area contributed by atoms with E-state index >= 15 is 0 Å². The van der Waals surface area contributed by atoms with E-state index < -0.39 is 11.4 Å². The van der Waals surface area contributed by atoms with Gasteiger partial charge in [-0.1, -0.05) is 0 Å². The lowest BCUT2D eigenvalue weighted by Gasteiger charge is -2.40. The topological polar surface area (TPSA) is 109 Å². The fourth-order valence-corrected chi connectivity index (χ4v) is 4.01. The van der Waals surface area contributed by atoms with Gasteiger partial charge in [0.1, 0.15) is 11.4 Å². The van der Waals surface area contributed by atoms with E-state index in [9.17, 15) is 14.7 Å². The van der Waals surface area contributed by atoms with Gasteiger partial charge in [0, 0.05) is 37.5 Å². The molecule has 4 heterocycles. The Bertz CT molecular complexity index is 1070. The molecule has 0 unspecified atom stereocenters. The van der Waals surface area contributed by atoms with Crippen LogP contribution in [0.1, 0.15) is 22.3 Å². The highest BCUT2D eigenvalue weighted by Crippen LogP contribution is 2.29. The van der Waals surface area contributed by atoms with Crippen molar-refractivity contribution in [2.45, 2.75) is 13.3 Å². The van der Waals surface area contributed by atoms with E-state index in [2.05, 4.69) is 14.9 Å². The lowest BCUT2D eigenvalue weighted by Crippen LogP contribution is -2.47. The maximum atomic E-state index is 12.7. The SMILES string of the molecule is Cc1cc(N2CC(CCO)C2)nc2c1c(=O)c(C(=O)O)cn2-c1nccs1. The molecule has 4 rings (SSSR count). The van der Waals surface area contributed by atoms with Gasteiger partial charge in [-0.3, -0.25) is 9.36 Å². The number of carbonyl (C=O) groups is 1. The molecule has 3 aromatic rings. The summed E-state index contributed by atoms with van der Waals surface area (Å²) in [7, 11) is 0. The number of aromatic carboxylic acids is 1. The second-order valence-electron chi connectivity index (χ2n) is 6.64. The maximum Gasteiger partial charge on any atom is 0.341 e. The molecular weight excluding hydrogens is 368 g/mol. The van der Waals surface area contributed by atoms with Gasteiger partial charge >= 0.3 is 5.97 Å². The number of hydrogen-bond acceptors (Lipinski definition) is 7. The number of pyridine rings is 2. The average Bonchev–Trinajstić information content (AvgIpc) is 3.11. The summed E-state index contributed by atoms with van der Waals surface area (Å²) in [5.41, 5.74) is 0.241. The Balaban J connectivity index is 1.90. The highest BCUT2D eigenvalue weighted by atomic mass is 32.1. The first-order valence-corrected chi connectivity index (χ1v) is 9.43. The number of carboxylic acids is 1. The zero-order chi connectivity index (χ0) is 19.1. The van der Waals surface area contributed by atoms with E-state index in [0.29, 0.717) is 27.6 Å². The van der Waals surface area contributed by atoms with Crippen LogP contribution in [0.5, 0.6) is 0 Å². The van der Waals surface area contributed by atoms with Gasteiger partial charge in [-0.05, 0) is 30.9 Å². The molecule has 27 heavy (non-hydrogen) atoms. The molecule has 1 saturated heterocycles. The highest BCUT2D eigenvalue weighted by molar-refractivity contribution is 7.12. The van der Waals surface area contributed by atoms with Gasteiger partial charge in [0.15, 0.2) is 10.8 Å². The van der Waals surface area contributed by atoms with Crippen molar-refractivity contribution in [3.05, 3.63) is 45.2 Å². The van der Waals surface area contributed by atoms with Crippen LogP contribution in [0.3, 0.4) is 0 Å². The summed E-state index contributed by atoms with van der Waals surface area (Å²) in [6, 6.07) is 1.82. The van der Waals surface area contributed by atoms with Gasteiger partial charge < -0.3 is 15.1 Å². The molecular formula is C18H18N4O4S. The zero-order valence-corrected chi connectivity index (χ0v) is 15.4. The normalized spacial score (nSPS) is 14.5. The van der Waals surface area contributed by atoms with Gasteiger partial charge in [-0.2, -0.15) is 0 Å². The first kappa shape index (κ1) is 17.6. The maximum absolute atomic E-state index is 12.7. The summed E-state index contributed by atoms with van der Waals surface area (Å²) in [4.78, 5) is 35.3. The molecule has 1 aliphatic heterocycles. The molecule has 0 bridgehead atoms. The van der Waals surface area contributed by atoms with Crippen LogP contribution in [0, 0.1) is 12.8 Å². The molecule has 1 fully saturated rings. The van der Waals surface area contributed by atoms with E-state index in [-0.39, 0.29) is 12.2 Å². The van der Waals surface area contributed by atoms with Crippen LogP contribution < -0.4 is 10.3 Å². The first-order chi connectivity index (χ1) is 13.0. The predicted molar refractivity (Wildman–Crippen MR) is 102 cm³/mol. The summed E-state index contributed by atoms with van der Waals surface area (Å²) in [6.07, 6.45) is 3.68. The van der Waals surface area contributed by atoms with Crippen molar-refractivity contribution in [3.8, 4) is 5.13 Å². The first-order valence-electron chi connectivity index (χ1n) is 8.55. The number of rotatable bonds is 5. The minimum absolute atomic E-state index is 0.171. The Kier molecular flexibility index (Phi) is 4.40. The number of thiazole rings is 1. The van der Waals surface area contributed by atoms with Crippen LogP contribution in [-0.4, -0.2) is 50.4 Å². The number of carboxylic acid groups (broad SMARTS) is 1. The summed E-state index contributed by atoms with van der Waals surface area (Å²) in [6.45, 7) is 3.56. The Morgan fingerprint density at radius 1 is 1.41 bits per heavy atom. The third kappa shape index (κ3) is 2.98. The number of aliphatic hydroxyl groups excluding tert-OH is 1. The summed E-state index contributed by atoms with van der Waals surface area (Å²) >= 11 is 1.34. The smallest absolute Gasteiger partial charge is 0.341 e. The van der Waals surface area contributed by atoms with Gasteiger partial charge in [0.2, 0.25) is 5.43 Å². The van der Waals surface area contributed by atoms with Crippen molar-refractivity contribution in [2.75, 3.05) is 24.6 Å². The lowest BCUT2D eigenvalue weighted by atomic mass is 9.96. The summed E-state index contributed by atoms with van der Waals surface area (Å²) in [5, 5.41) is 21.1. The molecule has 0 radical (unpaired) electrons. The summed E-state index contributed by atoms with van der Waals surface area (Å²) in [5.74, 6) is -0.101. The largest absolute Gasteiger partial charge is 0.477 e. The molecule has 8 nitrogen and oxygen atoms in total. The van der Waals surface area contributed by atoms with Crippen molar-refractivity contribution < 1.29 is 15.0 Å². The van der Waals surface area contributed by atoms with Gasteiger partial charge in [-0.25, -0.2) is 14.8 Å². The molecule has 9 heteroatoms. The minimum atomic E-state index is -1.27. The molecule has 0 amide bonds. The second-order valence-corrected chi connectivity index (χ2v) is 7.51. The van der Waals surface area contributed by atoms with Crippen molar-refractivity contribution in [1.29, 1.82) is 0 Å². The Morgan fingerprint density at radius 2 is 2.19 bits per heavy atom. The molecule has 3 aromatic heterocycles. The molecule has 140 valence electrons. The van der Waals surface area contributed by atoms with Crippen LogP contribution in [0.2, 0.25) is 0 Å². The van der Waals surface area contributed by atoms with Crippen molar-refractivity contribution >= 4 is 34.2 Å². The molecule has 0 saturated carbocycles. The van der Waals surface area contributed by atoms with Crippen molar-refractivity contribution in [1.82, 2.24) is 14.5 Å². The summed E-state index contributed by atoms with van der Waals surface area (Å²) < 4.78 is 1.58. The number of nitrogens with zero attached hydrogens (tertiary/aromatic N) is 4. The molecule has 0 aromatic carbocycles. The Hall–Kier alpha value is -2.78. The number of anilines is 1. The van der Waals surface area contributed by atoms with E-state index in [1.807, 2.05) is 6.07 Å². The highest BCUT2D eigenvalue weighted by Gasteiger charge is 2.28. The lowest BCUT2D eigenvalue weighted by molar-refractivity contribution is 0.0695. The minimum Gasteiger partial charge on any atom is -0.477 e. The quantitative estimate of drug-likeness (QED) is 0.686. The number of hydrogen-bond donors (Lipinski definition) is 2. The fraction of sp³-hybridized carbons (Fsp3) is 0.333. The molecule has 0 aliphatic carbocycles. The van der Waals surface area contributed by atoms with E-state index in [1.165, 1.54) is 17.5 Å². The average molecular weight is 386 g/mol. The van der Waals surface area contributed by atoms with E-state index in [1.54, 1.807) is 23.1 Å². The van der Waals surface area contributed by atoms with Gasteiger partial charge in [0.25, 0.3) is 0 Å². The Morgan fingerprint density at radius 3 is 2.81 bits per heavy atom. The zero-order valence-electron chi connectivity index (χ0n) is 14.6. The van der Waals surface area contributed by atoms with Crippen LogP contribution in [0.4, 0.5) is 5.82 Å². The molecule has 0 spiro atoms. The number of aryl methyl sites for hydroxylation is 1. The number of aromatic nitrogens is 3. The van der Waals surface area contributed by atoms with E-state index in [4.69, 9.17) is 5.11 Å². The molecule has 1 aliphatic rings. The van der Waals surface area contributed by atoms with Gasteiger partial charge in [-0.15, -0.1) is 11.3 Å². The second kappa shape index (κ2) is 6.75. The third-order valence-electron chi connectivity index (χ3n) is 4.82. The fourth-order valence-electron chi connectivity index (χ4n) is 3.39. The standard InChI is InChI=1S/C18H18N4O4S/c1-10-6-13(21-7-11(8-21)2-4-23)20-16-14(10)15(24)12(17(25)26)9-22(16)18-19-3-5-27-18/h3,5-6,9,11,23H,2,4,7-8H2,1H3,(H,25,26). The van der Waals surface area contributed by atoms with Crippen molar-refractivity contribution in [2.24, 2.45) is 5.92 Å². The van der Waals surface area contributed by atoms with Gasteiger partial charge in [0.05, 0.1) is 5.39 Å². The molecule has 2 N–H and O–H groups in total. The van der Waals surface area contributed by atoms with E-state index in [0.717, 1.165) is 25.3 Å². The molecule has 0 atom stereocenters. The van der Waals surface area contributed by atoms with Crippen LogP contribution in [-0.2, 0) is 0 Å². The van der Waals surface area contributed by atoms with Crippen LogP contribution in [0.25, 0.3) is 16.2 Å². The monoisotopic (exact) mass is 386 g/mol. The predicted octanol–water partition coefficient (Wildman–Crippen LogP) is 1.67. The van der Waals surface area contributed by atoms with Crippen LogP contribution in [0.15, 0.2) is 28.6 Å². The number of fused-ring (bicyclic) bond motifs is 1. The Labute approximate surface area is 158 Å². The number of aliphatic hydroxyl groups is 1. The van der Waals surface area contributed by atoms with Crippen molar-refractivity contribution in [3.63, 3.8) is 0 Å². The van der Waals surface area contributed by atoms with Crippen LogP contribution >= 0.6 is 11.3 Å².